The van der Waals surface area contributed by atoms with Crippen LogP contribution in [0.1, 0.15) is 16.8 Å². The molecule has 0 fully saturated rings. The third kappa shape index (κ3) is 3.91. The SMILES string of the molecule is Cc1ccc(Nc2nc(C)cc(Nc3c(F)cccc3F)n2)c(C)c1. The second-order valence-electron chi connectivity index (χ2n) is 5.88. The zero-order chi connectivity index (χ0) is 18.0. The van der Waals surface area contributed by atoms with E-state index in [4.69, 9.17) is 0 Å². The van der Waals surface area contributed by atoms with E-state index in [9.17, 15) is 8.78 Å². The van der Waals surface area contributed by atoms with Gasteiger partial charge in [-0.05, 0) is 44.5 Å². The molecule has 25 heavy (non-hydrogen) atoms. The van der Waals surface area contributed by atoms with E-state index >= 15 is 0 Å². The Morgan fingerprint density at radius 3 is 2.24 bits per heavy atom. The third-order valence-corrected chi connectivity index (χ3v) is 3.70. The predicted molar refractivity (Wildman–Crippen MR) is 95.6 cm³/mol. The summed E-state index contributed by atoms with van der Waals surface area (Å²) in [7, 11) is 0. The van der Waals surface area contributed by atoms with Crippen LogP contribution in [0.4, 0.5) is 31.9 Å². The first-order chi connectivity index (χ1) is 11.9. The predicted octanol–water partition coefficient (Wildman–Crippen LogP) is 5.17. The van der Waals surface area contributed by atoms with Gasteiger partial charge in [0, 0.05) is 17.4 Å². The number of rotatable bonds is 4. The maximum Gasteiger partial charge on any atom is 0.229 e. The van der Waals surface area contributed by atoms with Crippen LogP contribution in [0.25, 0.3) is 0 Å². The van der Waals surface area contributed by atoms with Crippen molar-refractivity contribution >= 4 is 23.1 Å². The van der Waals surface area contributed by atoms with Crippen molar-refractivity contribution < 1.29 is 8.78 Å². The Kier molecular flexibility index (Phi) is 4.61. The lowest BCUT2D eigenvalue weighted by molar-refractivity contribution is 0.590. The molecule has 0 amide bonds. The lowest BCUT2D eigenvalue weighted by Crippen LogP contribution is -2.05. The number of hydrogen-bond acceptors (Lipinski definition) is 4. The molecule has 4 nitrogen and oxygen atoms in total. The minimum atomic E-state index is -0.680. The van der Waals surface area contributed by atoms with Crippen molar-refractivity contribution in [3.05, 3.63) is 70.9 Å². The van der Waals surface area contributed by atoms with Crippen molar-refractivity contribution in [3.8, 4) is 0 Å². The molecule has 128 valence electrons. The van der Waals surface area contributed by atoms with E-state index in [2.05, 4.69) is 20.6 Å². The average molecular weight is 340 g/mol. The number of halogens is 2. The lowest BCUT2D eigenvalue weighted by Gasteiger charge is -2.12. The van der Waals surface area contributed by atoms with Crippen molar-refractivity contribution in [2.45, 2.75) is 20.8 Å². The van der Waals surface area contributed by atoms with Crippen LogP contribution >= 0.6 is 0 Å². The second kappa shape index (κ2) is 6.84. The number of para-hydroxylation sites is 1. The molecule has 1 aromatic heterocycles. The Balaban J connectivity index is 1.90. The maximum atomic E-state index is 13.8. The molecule has 1 heterocycles. The molecule has 0 saturated carbocycles. The molecule has 0 bridgehead atoms. The van der Waals surface area contributed by atoms with E-state index in [-0.39, 0.29) is 5.69 Å². The van der Waals surface area contributed by atoms with Crippen LogP contribution in [-0.2, 0) is 0 Å². The van der Waals surface area contributed by atoms with Gasteiger partial charge in [0.15, 0.2) is 0 Å². The van der Waals surface area contributed by atoms with Gasteiger partial charge in [-0.25, -0.2) is 13.8 Å². The van der Waals surface area contributed by atoms with Crippen molar-refractivity contribution in [1.82, 2.24) is 9.97 Å². The first-order valence-corrected chi connectivity index (χ1v) is 7.83. The van der Waals surface area contributed by atoms with Gasteiger partial charge in [0.05, 0.1) is 0 Å². The molecule has 0 spiro atoms. The molecule has 0 saturated heterocycles. The monoisotopic (exact) mass is 340 g/mol. The Labute approximate surface area is 145 Å². The van der Waals surface area contributed by atoms with Crippen LogP contribution in [0, 0.1) is 32.4 Å². The molecule has 0 aliphatic heterocycles. The van der Waals surface area contributed by atoms with Gasteiger partial charge < -0.3 is 10.6 Å². The Hall–Kier alpha value is -3.02. The van der Waals surface area contributed by atoms with Crippen LogP contribution in [-0.4, -0.2) is 9.97 Å². The molecular weight excluding hydrogens is 322 g/mol. The fourth-order valence-electron chi connectivity index (χ4n) is 2.51. The summed E-state index contributed by atoms with van der Waals surface area (Å²) in [4.78, 5) is 8.63. The number of hydrogen-bond donors (Lipinski definition) is 2. The van der Waals surface area contributed by atoms with Gasteiger partial charge in [-0.15, -0.1) is 0 Å². The molecular formula is C19H18F2N4. The number of nitrogens with one attached hydrogen (secondary N) is 2. The Bertz CT molecular complexity index is 905. The molecule has 0 radical (unpaired) electrons. The number of aromatic nitrogens is 2. The second-order valence-corrected chi connectivity index (χ2v) is 5.88. The van der Waals surface area contributed by atoms with Crippen molar-refractivity contribution in [2.75, 3.05) is 10.6 Å². The van der Waals surface area contributed by atoms with Gasteiger partial charge in [-0.1, -0.05) is 23.8 Å². The largest absolute Gasteiger partial charge is 0.335 e. The standard InChI is InChI=1S/C19H18F2N4/c1-11-7-8-16(12(2)9-11)23-19-22-13(3)10-17(25-19)24-18-14(20)5-4-6-15(18)21/h4-10H,1-3H3,(H2,22,23,24,25). The Morgan fingerprint density at radius 2 is 1.56 bits per heavy atom. The number of benzene rings is 2. The van der Waals surface area contributed by atoms with Crippen LogP contribution in [0.15, 0.2) is 42.5 Å². The van der Waals surface area contributed by atoms with E-state index in [1.54, 1.807) is 13.0 Å². The van der Waals surface area contributed by atoms with E-state index < -0.39 is 11.6 Å². The molecule has 2 aromatic carbocycles. The summed E-state index contributed by atoms with van der Waals surface area (Å²) >= 11 is 0. The zero-order valence-corrected chi connectivity index (χ0v) is 14.2. The number of aryl methyl sites for hydroxylation is 3. The fraction of sp³-hybridized carbons (Fsp3) is 0.158. The van der Waals surface area contributed by atoms with Crippen molar-refractivity contribution in [1.29, 1.82) is 0 Å². The van der Waals surface area contributed by atoms with Crippen LogP contribution in [0.3, 0.4) is 0 Å². The van der Waals surface area contributed by atoms with Gasteiger partial charge >= 0.3 is 0 Å². The van der Waals surface area contributed by atoms with Gasteiger partial charge in [0.25, 0.3) is 0 Å². The van der Waals surface area contributed by atoms with E-state index in [0.29, 0.717) is 17.5 Å². The zero-order valence-electron chi connectivity index (χ0n) is 14.2. The first-order valence-electron chi connectivity index (χ1n) is 7.83. The van der Waals surface area contributed by atoms with Gasteiger partial charge in [-0.3, -0.25) is 0 Å². The van der Waals surface area contributed by atoms with Crippen LogP contribution in [0.5, 0.6) is 0 Å². The summed E-state index contributed by atoms with van der Waals surface area (Å²) in [6.45, 7) is 5.79. The number of anilines is 4. The van der Waals surface area contributed by atoms with Gasteiger partial charge in [0.2, 0.25) is 5.95 Å². The quantitative estimate of drug-likeness (QED) is 0.688. The van der Waals surface area contributed by atoms with E-state index in [1.165, 1.54) is 18.2 Å². The van der Waals surface area contributed by atoms with Crippen LogP contribution < -0.4 is 10.6 Å². The lowest BCUT2D eigenvalue weighted by atomic mass is 10.1. The topological polar surface area (TPSA) is 49.8 Å². The minimum Gasteiger partial charge on any atom is -0.335 e. The summed E-state index contributed by atoms with van der Waals surface area (Å²) < 4.78 is 27.6. The molecule has 2 N–H and O–H groups in total. The third-order valence-electron chi connectivity index (χ3n) is 3.70. The molecule has 6 heteroatoms. The van der Waals surface area contributed by atoms with Crippen molar-refractivity contribution in [2.24, 2.45) is 0 Å². The summed E-state index contributed by atoms with van der Waals surface area (Å²) in [5.74, 6) is -0.699. The normalized spacial score (nSPS) is 10.6. The molecule has 0 aliphatic rings. The highest BCUT2D eigenvalue weighted by Gasteiger charge is 2.11. The highest BCUT2D eigenvalue weighted by molar-refractivity contribution is 5.63. The summed E-state index contributed by atoms with van der Waals surface area (Å²) in [5.41, 5.74) is 3.52. The first kappa shape index (κ1) is 16.8. The number of nitrogens with zero attached hydrogens (tertiary/aromatic N) is 2. The van der Waals surface area contributed by atoms with E-state index in [0.717, 1.165) is 16.8 Å². The Morgan fingerprint density at radius 1 is 0.840 bits per heavy atom. The smallest absolute Gasteiger partial charge is 0.229 e. The van der Waals surface area contributed by atoms with E-state index in [1.807, 2.05) is 32.0 Å². The molecule has 0 aliphatic carbocycles. The van der Waals surface area contributed by atoms with Gasteiger partial charge in [0.1, 0.15) is 23.1 Å². The highest BCUT2D eigenvalue weighted by atomic mass is 19.1. The highest BCUT2D eigenvalue weighted by Crippen LogP contribution is 2.24. The fourth-order valence-corrected chi connectivity index (χ4v) is 2.51. The summed E-state index contributed by atoms with van der Waals surface area (Å²) in [6.07, 6.45) is 0. The summed E-state index contributed by atoms with van der Waals surface area (Å²) in [6, 6.07) is 11.3. The van der Waals surface area contributed by atoms with Gasteiger partial charge in [-0.2, -0.15) is 4.98 Å². The van der Waals surface area contributed by atoms with Crippen LogP contribution in [0.2, 0.25) is 0 Å². The maximum absolute atomic E-state index is 13.8. The minimum absolute atomic E-state index is 0.238. The molecule has 0 unspecified atom stereocenters. The molecule has 0 atom stereocenters. The molecule has 3 aromatic rings. The molecule has 3 rings (SSSR count). The average Bonchev–Trinajstić information content (AvgIpc) is 2.53. The summed E-state index contributed by atoms with van der Waals surface area (Å²) in [5, 5.41) is 5.84. The van der Waals surface area contributed by atoms with Crippen molar-refractivity contribution in [3.63, 3.8) is 0 Å².